The Labute approximate surface area is 393 Å². The SMILES string of the molecule is CC/C=C\C/C=C\C/C=C\C/C=C\C/C=C\CCCCCC(=O)O[C@H](COC(=O)CCCCCCCCCCCCC/C=C\CCCCCCCC)COP(=O)([O-])OCC[N+](C)(C)C. The molecule has 0 aliphatic carbocycles. The van der Waals surface area contributed by atoms with E-state index < -0.39 is 32.5 Å². The molecule has 0 bridgehead atoms. The van der Waals surface area contributed by atoms with Crippen LogP contribution in [0.2, 0.25) is 0 Å². The number of carbonyl (C=O) groups is 2. The Balaban J connectivity index is 4.31. The molecule has 0 radical (unpaired) electrons. The summed E-state index contributed by atoms with van der Waals surface area (Å²) in [5.41, 5.74) is 0. The van der Waals surface area contributed by atoms with Crippen molar-refractivity contribution in [3.05, 3.63) is 72.9 Å². The third kappa shape index (κ3) is 48.9. The highest BCUT2D eigenvalue weighted by molar-refractivity contribution is 7.45. The molecule has 0 aromatic carbocycles. The summed E-state index contributed by atoms with van der Waals surface area (Å²) in [6.45, 7) is 4.08. The highest BCUT2D eigenvalue weighted by Gasteiger charge is 2.21. The minimum Gasteiger partial charge on any atom is -0.756 e. The Morgan fingerprint density at radius 1 is 0.500 bits per heavy atom. The fraction of sp³-hybridized carbons (Fsp3) is 0.741. The minimum absolute atomic E-state index is 0.0407. The van der Waals surface area contributed by atoms with E-state index in [1.165, 1.54) is 103 Å². The average molecular weight is 918 g/mol. The first-order valence-electron chi connectivity index (χ1n) is 25.6. The van der Waals surface area contributed by atoms with Crippen molar-refractivity contribution in [1.82, 2.24) is 0 Å². The van der Waals surface area contributed by atoms with E-state index in [-0.39, 0.29) is 26.1 Å². The molecule has 0 amide bonds. The van der Waals surface area contributed by atoms with Crippen LogP contribution in [0.5, 0.6) is 0 Å². The highest BCUT2D eigenvalue weighted by Crippen LogP contribution is 2.38. The summed E-state index contributed by atoms with van der Waals surface area (Å²) < 4.78 is 34.0. The predicted molar refractivity (Wildman–Crippen MR) is 268 cm³/mol. The lowest BCUT2D eigenvalue weighted by Gasteiger charge is -2.28. The van der Waals surface area contributed by atoms with Crippen LogP contribution >= 0.6 is 7.82 Å². The van der Waals surface area contributed by atoms with E-state index in [0.717, 1.165) is 70.6 Å². The zero-order chi connectivity index (χ0) is 47.1. The number of hydrogen-bond donors (Lipinski definition) is 0. The van der Waals surface area contributed by atoms with Gasteiger partial charge in [0, 0.05) is 12.8 Å². The number of quaternary nitrogens is 1. The van der Waals surface area contributed by atoms with Gasteiger partial charge >= 0.3 is 11.9 Å². The molecule has 0 fully saturated rings. The maximum absolute atomic E-state index is 12.7. The summed E-state index contributed by atoms with van der Waals surface area (Å²) in [6.07, 6.45) is 57.9. The molecule has 0 aliphatic rings. The van der Waals surface area contributed by atoms with E-state index >= 15 is 0 Å². The monoisotopic (exact) mass is 918 g/mol. The van der Waals surface area contributed by atoms with Crippen LogP contribution in [0.4, 0.5) is 0 Å². The van der Waals surface area contributed by atoms with Crippen LogP contribution in [0.3, 0.4) is 0 Å². The number of nitrogens with zero attached hydrogens (tertiary/aromatic N) is 1. The summed E-state index contributed by atoms with van der Waals surface area (Å²) >= 11 is 0. The molecule has 0 rings (SSSR count). The first kappa shape index (κ1) is 61.5. The summed E-state index contributed by atoms with van der Waals surface area (Å²) in [7, 11) is 1.14. The molecule has 1 unspecified atom stereocenters. The lowest BCUT2D eigenvalue weighted by molar-refractivity contribution is -0.870. The molecule has 9 nitrogen and oxygen atoms in total. The number of likely N-dealkylation sites (N-methyl/N-ethyl adjacent to an activating group) is 1. The Bertz CT molecular complexity index is 1310. The summed E-state index contributed by atoms with van der Waals surface area (Å²) in [4.78, 5) is 37.7. The average Bonchev–Trinajstić information content (AvgIpc) is 3.25. The second-order valence-electron chi connectivity index (χ2n) is 18.1. The molecule has 0 saturated carbocycles. The number of ether oxygens (including phenoxy) is 2. The first-order chi connectivity index (χ1) is 31.0. The van der Waals surface area contributed by atoms with Crippen molar-refractivity contribution in [2.75, 3.05) is 47.5 Å². The smallest absolute Gasteiger partial charge is 0.306 e. The molecule has 370 valence electrons. The molecule has 0 heterocycles. The largest absolute Gasteiger partial charge is 0.756 e. The van der Waals surface area contributed by atoms with Gasteiger partial charge < -0.3 is 27.9 Å². The van der Waals surface area contributed by atoms with Gasteiger partial charge in [0.15, 0.2) is 6.10 Å². The van der Waals surface area contributed by atoms with Crippen LogP contribution in [0, 0.1) is 0 Å². The van der Waals surface area contributed by atoms with E-state index in [1.54, 1.807) is 0 Å². The third-order valence-corrected chi connectivity index (χ3v) is 11.7. The maximum Gasteiger partial charge on any atom is 0.306 e. The molecular weight excluding hydrogens is 822 g/mol. The molecule has 64 heavy (non-hydrogen) atoms. The number of allylic oxidation sites excluding steroid dienone is 12. The van der Waals surface area contributed by atoms with Crippen LogP contribution in [0.15, 0.2) is 72.9 Å². The van der Waals surface area contributed by atoms with Crippen molar-refractivity contribution in [2.24, 2.45) is 0 Å². The van der Waals surface area contributed by atoms with Gasteiger partial charge in [0.1, 0.15) is 19.8 Å². The Kier molecular flexibility index (Phi) is 43.8. The van der Waals surface area contributed by atoms with Gasteiger partial charge in [-0.15, -0.1) is 0 Å². The number of phosphoric acid groups is 1. The number of esters is 2. The molecular formula is C54H96NO8P. The van der Waals surface area contributed by atoms with Crippen LogP contribution in [-0.2, 0) is 32.7 Å². The van der Waals surface area contributed by atoms with Crippen LogP contribution in [0.1, 0.15) is 206 Å². The maximum atomic E-state index is 12.7. The van der Waals surface area contributed by atoms with Crippen LogP contribution in [-0.4, -0.2) is 70.0 Å². The Morgan fingerprint density at radius 3 is 1.36 bits per heavy atom. The molecule has 0 N–H and O–H groups in total. The van der Waals surface area contributed by atoms with Gasteiger partial charge in [-0.1, -0.05) is 183 Å². The second kappa shape index (κ2) is 45.6. The first-order valence-corrected chi connectivity index (χ1v) is 27.1. The molecule has 0 aromatic rings. The summed E-state index contributed by atoms with van der Waals surface area (Å²) in [6, 6.07) is 0. The summed E-state index contributed by atoms with van der Waals surface area (Å²) in [5.74, 6) is -0.873. The van der Waals surface area contributed by atoms with E-state index in [2.05, 4.69) is 86.8 Å². The van der Waals surface area contributed by atoms with E-state index in [9.17, 15) is 19.0 Å². The quantitative estimate of drug-likeness (QED) is 0.0195. The zero-order valence-electron chi connectivity index (χ0n) is 41.7. The van der Waals surface area contributed by atoms with Crippen molar-refractivity contribution >= 4 is 19.8 Å². The molecule has 0 saturated heterocycles. The van der Waals surface area contributed by atoms with Crippen LogP contribution in [0.25, 0.3) is 0 Å². The van der Waals surface area contributed by atoms with E-state index in [0.29, 0.717) is 17.4 Å². The van der Waals surface area contributed by atoms with E-state index in [1.807, 2.05) is 21.1 Å². The van der Waals surface area contributed by atoms with Gasteiger partial charge in [0.25, 0.3) is 7.82 Å². The normalized spacial score (nSPS) is 14.0. The molecule has 0 aromatic heterocycles. The van der Waals surface area contributed by atoms with Crippen molar-refractivity contribution in [3.8, 4) is 0 Å². The van der Waals surface area contributed by atoms with Gasteiger partial charge in [-0.25, -0.2) is 0 Å². The van der Waals surface area contributed by atoms with Crippen molar-refractivity contribution in [2.45, 2.75) is 213 Å². The van der Waals surface area contributed by atoms with Crippen LogP contribution < -0.4 is 4.89 Å². The minimum atomic E-state index is -4.64. The van der Waals surface area contributed by atoms with Gasteiger partial charge in [0.05, 0.1) is 27.7 Å². The van der Waals surface area contributed by atoms with Gasteiger partial charge in [0.2, 0.25) is 0 Å². The molecule has 0 aliphatic heterocycles. The van der Waals surface area contributed by atoms with Gasteiger partial charge in [-0.05, 0) is 83.5 Å². The molecule has 10 heteroatoms. The van der Waals surface area contributed by atoms with E-state index in [4.69, 9.17) is 18.5 Å². The van der Waals surface area contributed by atoms with Gasteiger partial charge in [-0.2, -0.15) is 0 Å². The Hall–Kier alpha value is -2.55. The fourth-order valence-corrected chi connectivity index (χ4v) is 7.46. The fourth-order valence-electron chi connectivity index (χ4n) is 6.73. The number of phosphoric ester groups is 1. The zero-order valence-corrected chi connectivity index (χ0v) is 42.6. The highest BCUT2D eigenvalue weighted by atomic mass is 31.2. The van der Waals surface area contributed by atoms with Crippen molar-refractivity contribution in [3.63, 3.8) is 0 Å². The standard InChI is InChI=1S/C54H96NO8P/c1-6-8-10-12-14-16-18-20-22-24-26-27-29-30-32-34-36-38-40-42-44-46-53(56)60-50-52(51-62-64(58,59)61-49-48-55(3,4)5)63-54(57)47-45-43-41-39-37-35-33-31-28-25-23-21-19-17-15-13-11-9-7-2/h9,11,15,17,20-23,28,31,35,37,52H,6-8,10,12-14,16,18-19,24-27,29-30,32-34,36,38-51H2,1-5H3/b11-9-,17-15-,22-20-,23-21-,31-28-,37-35-/t52-/m1/s1. The van der Waals surface area contributed by atoms with Crippen molar-refractivity contribution < 1.29 is 42.1 Å². The summed E-state index contributed by atoms with van der Waals surface area (Å²) in [5, 5.41) is 0. The topological polar surface area (TPSA) is 111 Å². The lowest BCUT2D eigenvalue weighted by Crippen LogP contribution is -2.37. The molecule has 2 atom stereocenters. The Morgan fingerprint density at radius 2 is 0.891 bits per heavy atom. The number of rotatable bonds is 46. The number of carbonyl (C=O) groups excluding carboxylic acids is 2. The van der Waals surface area contributed by atoms with Crippen molar-refractivity contribution in [1.29, 1.82) is 0 Å². The number of unbranched alkanes of at least 4 members (excludes halogenated alkanes) is 20. The lowest BCUT2D eigenvalue weighted by atomic mass is 10.0. The predicted octanol–water partition coefficient (Wildman–Crippen LogP) is 14.7. The molecule has 0 spiro atoms. The van der Waals surface area contributed by atoms with Gasteiger partial charge in [-0.3, -0.25) is 14.2 Å². The second-order valence-corrected chi connectivity index (χ2v) is 19.6. The number of hydrogen-bond acceptors (Lipinski definition) is 8. The third-order valence-electron chi connectivity index (χ3n) is 10.7.